The molecule has 0 saturated carbocycles. The number of carbonyl (C=O) groups is 1. The number of carbonyl (C=O) groups excluding carboxylic acids is 1. The molecule has 2 rings (SSSR count). The highest BCUT2D eigenvalue weighted by Crippen LogP contribution is 2.33. The molecular formula is C17H25NO2. The zero-order chi connectivity index (χ0) is 14.4. The van der Waals surface area contributed by atoms with Crippen molar-refractivity contribution in [2.45, 2.75) is 45.6 Å². The molecule has 0 bridgehead atoms. The third-order valence-electron chi connectivity index (χ3n) is 3.96. The Labute approximate surface area is 121 Å². The van der Waals surface area contributed by atoms with Crippen LogP contribution in [-0.2, 0) is 16.0 Å². The smallest absolute Gasteiger partial charge is 0.305 e. The van der Waals surface area contributed by atoms with Crippen molar-refractivity contribution in [3.05, 3.63) is 35.4 Å². The molecule has 0 aromatic heterocycles. The van der Waals surface area contributed by atoms with Crippen LogP contribution >= 0.6 is 0 Å². The van der Waals surface area contributed by atoms with Crippen molar-refractivity contribution >= 4 is 5.97 Å². The Morgan fingerprint density at radius 3 is 2.90 bits per heavy atom. The van der Waals surface area contributed by atoms with Crippen LogP contribution in [0.5, 0.6) is 0 Å². The highest BCUT2D eigenvalue weighted by atomic mass is 16.5. The maximum atomic E-state index is 11.6. The zero-order valence-corrected chi connectivity index (χ0v) is 12.6. The van der Waals surface area contributed by atoms with Crippen LogP contribution in [0.2, 0.25) is 0 Å². The maximum Gasteiger partial charge on any atom is 0.305 e. The highest BCUT2D eigenvalue weighted by molar-refractivity contribution is 5.69. The normalized spacial score (nSPS) is 18.6. The van der Waals surface area contributed by atoms with Crippen LogP contribution in [0, 0.1) is 0 Å². The third-order valence-corrected chi connectivity index (χ3v) is 3.96. The van der Waals surface area contributed by atoms with Gasteiger partial charge < -0.3 is 4.74 Å². The quantitative estimate of drug-likeness (QED) is 0.746. The first-order chi connectivity index (χ1) is 9.76. The molecule has 0 saturated heterocycles. The molecule has 1 atom stereocenters. The summed E-state index contributed by atoms with van der Waals surface area (Å²) in [6, 6.07) is 9.01. The Morgan fingerprint density at radius 1 is 1.35 bits per heavy atom. The van der Waals surface area contributed by atoms with E-state index in [1.165, 1.54) is 11.1 Å². The average Bonchev–Trinajstić information content (AvgIpc) is 2.46. The number of esters is 1. The lowest BCUT2D eigenvalue weighted by atomic mass is 9.90. The number of hydrogen-bond acceptors (Lipinski definition) is 3. The van der Waals surface area contributed by atoms with E-state index < -0.39 is 0 Å². The average molecular weight is 275 g/mol. The van der Waals surface area contributed by atoms with Crippen LogP contribution in [0.25, 0.3) is 0 Å². The summed E-state index contributed by atoms with van der Waals surface area (Å²) in [5.41, 5.74) is 2.84. The van der Waals surface area contributed by atoms with Gasteiger partial charge in [0.15, 0.2) is 0 Å². The van der Waals surface area contributed by atoms with Crippen molar-refractivity contribution in [3.63, 3.8) is 0 Å². The molecule has 0 radical (unpaired) electrons. The lowest BCUT2D eigenvalue weighted by Crippen LogP contribution is -2.36. The van der Waals surface area contributed by atoms with Crippen LogP contribution in [0.3, 0.4) is 0 Å². The van der Waals surface area contributed by atoms with E-state index in [2.05, 4.69) is 36.1 Å². The third kappa shape index (κ3) is 3.60. The standard InChI is InChI=1S/C17H25NO2/c1-3-12-18-13-11-14-7-5-6-8-15(14)16(18)9-10-17(19)20-4-2/h5-8,16H,3-4,9-13H2,1-2H3. The first kappa shape index (κ1) is 15.0. The summed E-state index contributed by atoms with van der Waals surface area (Å²) in [5.74, 6) is -0.0768. The fourth-order valence-corrected chi connectivity index (χ4v) is 3.08. The van der Waals surface area contributed by atoms with Crippen LogP contribution in [0.4, 0.5) is 0 Å². The van der Waals surface area contributed by atoms with E-state index in [1.54, 1.807) is 0 Å². The second-order valence-corrected chi connectivity index (χ2v) is 5.34. The van der Waals surface area contributed by atoms with E-state index in [9.17, 15) is 4.79 Å². The van der Waals surface area contributed by atoms with Gasteiger partial charge in [-0.2, -0.15) is 0 Å². The Hall–Kier alpha value is -1.35. The topological polar surface area (TPSA) is 29.5 Å². The van der Waals surface area contributed by atoms with Crippen LogP contribution < -0.4 is 0 Å². The van der Waals surface area contributed by atoms with Crippen LogP contribution in [-0.4, -0.2) is 30.6 Å². The minimum atomic E-state index is -0.0768. The van der Waals surface area contributed by atoms with Crippen molar-refractivity contribution in [2.75, 3.05) is 19.7 Å². The van der Waals surface area contributed by atoms with Crippen LogP contribution in [0.1, 0.15) is 50.3 Å². The van der Waals surface area contributed by atoms with Crippen molar-refractivity contribution in [2.24, 2.45) is 0 Å². The summed E-state index contributed by atoms with van der Waals surface area (Å²) in [4.78, 5) is 14.1. The van der Waals surface area contributed by atoms with Gasteiger partial charge in [0.2, 0.25) is 0 Å². The minimum absolute atomic E-state index is 0.0768. The van der Waals surface area contributed by atoms with Gasteiger partial charge in [-0.15, -0.1) is 0 Å². The largest absolute Gasteiger partial charge is 0.466 e. The predicted molar refractivity (Wildman–Crippen MR) is 80.6 cm³/mol. The predicted octanol–water partition coefficient (Wildman–Crippen LogP) is 3.34. The van der Waals surface area contributed by atoms with Crippen molar-refractivity contribution in [1.82, 2.24) is 4.90 Å². The fourth-order valence-electron chi connectivity index (χ4n) is 3.08. The molecule has 1 aromatic rings. The van der Waals surface area contributed by atoms with Gasteiger partial charge in [-0.1, -0.05) is 31.2 Å². The van der Waals surface area contributed by atoms with Gasteiger partial charge in [0.25, 0.3) is 0 Å². The van der Waals surface area contributed by atoms with Gasteiger partial charge in [0.1, 0.15) is 0 Å². The molecule has 3 nitrogen and oxygen atoms in total. The summed E-state index contributed by atoms with van der Waals surface area (Å²) >= 11 is 0. The first-order valence-electron chi connectivity index (χ1n) is 7.73. The second-order valence-electron chi connectivity index (χ2n) is 5.34. The lowest BCUT2D eigenvalue weighted by molar-refractivity contribution is -0.143. The first-order valence-corrected chi connectivity index (χ1v) is 7.73. The summed E-state index contributed by atoms with van der Waals surface area (Å²) < 4.78 is 5.06. The van der Waals surface area contributed by atoms with E-state index >= 15 is 0 Å². The molecule has 0 aliphatic carbocycles. The maximum absolute atomic E-state index is 11.6. The van der Waals surface area contributed by atoms with E-state index in [-0.39, 0.29) is 5.97 Å². The van der Waals surface area contributed by atoms with E-state index in [4.69, 9.17) is 4.74 Å². The molecule has 1 unspecified atom stereocenters. The van der Waals surface area contributed by atoms with E-state index in [1.807, 2.05) is 6.92 Å². The second kappa shape index (κ2) is 7.44. The van der Waals surface area contributed by atoms with Gasteiger partial charge in [0.05, 0.1) is 6.61 Å². The number of nitrogens with zero attached hydrogens (tertiary/aromatic N) is 1. The zero-order valence-electron chi connectivity index (χ0n) is 12.6. The fraction of sp³-hybridized carbons (Fsp3) is 0.588. The van der Waals surface area contributed by atoms with Gasteiger partial charge in [0, 0.05) is 19.0 Å². The Kier molecular flexibility index (Phi) is 5.60. The van der Waals surface area contributed by atoms with Gasteiger partial charge in [-0.05, 0) is 43.9 Å². The number of rotatable bonds is 6. The van der Waals surface area contributed by atoms with Crippen LogP contribution in [0.15, 0.2) is 24.3 Å². The molecule has 0 spiro atoms. The molecule has 0 fully saturated rings. The van der Waals surface area contributed by atoms with Gasteiger partial charge in [-0.25, -0.2) is 0 Å². The molecule has 1 aliphatic rings. The lowest BCUT2D eigenvalue weighted by Gasteiger charge is -2.37. The number of hydrogen-bond donors (Lipinski definition) is 0. The molecule has 0 amide bonds. The molecule has 20 heavy (non-hydrogen) atoms. The Morgan fingerprint density at radius 2 is 2.15 bits per heavy atom. The van der Waals surface area contributed by atoms with E-state index in [0.29, 0.717) is 19.1 Å². The summed E-state index contributed by atoms with van der Waals surface area (Å²) in [7, 11) is 0. The summed E-state index contributed by atoms with van der Waals surface area (Å²) in [5, 5.41) is 0. The Bertz CT molecular complexity index is 444. The molecule has 110 valence electrons. The molecule has 1 aliphatic heterocycles. The molecular weight excluding hydrogens is 250 g/mol. The highest BCUT2D eigenvalue weighted by Gasteiger charge is 2.26. The SMILES string of the molecule is CCCN1CCc2ccccc2C1CCC(=O)OCC. The molecule has 1 heterocycles. The summed E-state index contributed by atoms with van der Waals surface area (Å²) in [6.07, 6.45) is 3.63. The van der Waals surface area contributed by atoms with E-state index in [0.717, 1.165) is 32.4 Å². The number of ether oxygens (including phenoxy) is 1. The van der Waals surface area contributed by atoms with Crippen molar-refractivity contribution in [1.29, 1.82) is 0 Å². The van der Waals surface area contributed by atoms with Crippen molar-refractivity contribution in [3.8, 4) is 0 Å². The van der Waals surface area contributed by atoms with Crippen molar-refractivity contribution < 1.29 is 9.53 Å². The number of fused-ring (bicyclic) bond motifs is 1. The molecule has 1 aromatic carbocycles. The van der Waals surface area contributed by atoms with Gasteiger partial charge >= 0.3 is 5.97 Å². The monoisotopic (exact) mass is 275 g/mol. The minimum Gasteiger partial charge on any atom is -0.466 e. The van der Waals surface area contributed by atoms with Gasteiger partial charge in [-0.3, -0.25) is 9.69 Å². The molecule has 0 N–H and O–H groups in total. The Balaban J connectivity index is 2.09. The number of benzene rings is 1. The summed E-state index contributed by atoms with van der Waals surface area (Å²) in [6.45, 7) is 6.74. The molecule has 3 heteroatoms.